The van der Waals surface area contributed by atoms with E-state index < -0.39 is 36.4 Å². The smallest absolute Gasteiger partial charge is 0.405 e. The molecule has 0 atom stereocenters. The fraction of sp³-hybridized carbons (Fsp3) is 0.333. The highest BCUT2D eigenvalue weighted by Gasteiger charge is 2.34. The first-order chi connectivity index (χ1) is 12.0. The number of alkyl halides is 6. The highest BCUT2D eigenvalue weighted by Crippen LogP contribution is 2.28. The molecule has 0 aliphatic heterocycles. The number of likely N-dealkylation sites (N-methyl/N-ethyl adjacent to an activating group) is 1. The van der Waals surface area contributed by atoms with E-state index in [9.17, 15) is 31.1 Å². The van der Waals surface area contributed by atoms with E-state index in [1.165, 1.54) is 25.2 Å². The highest BCUT2D eigenvalue weighted by molar-refractivity contribution is 5.75. The van der Waals surface area contributed by atoms with E-state index in [-0.39, 0.29) is 12.1 Å². The number of carbonyl (C=O) groups is 1. The number of amides is 1. The van der Waals surface area contributed by atoms with Crippen molar-refractivity contribution in [2.45, 2.75) is 25.6 Å². The third kappa shape index (κ3) is 5.39. The van der Waals surface area contributed by atoms with Crippen LogP contribution in [0.25, 0.3) is 0 Å². The number of halogens is 6. The molecular weight excluding hydrogens is 368 g/mol. The number of hydrogen-bond donors (Lipinski definition) is 0. The van der Waals surface area contributed by atoms with Crippen LogP contribution < -0.4 is 4.74 Å². The van der Waals surface area contributed by atoms with Gasteiger partial charge >= 0.3 is 12.5 Å². The van der Waals surface area contributed by atoms with Gasteiger partial charge in [0.25, 0.3) is 0 Å². The second kappa shape index (κ2) is 7.26. The van der Waals surface area contributed by atoms with Crippen LogP contribution >= 0.6 is 0 Å². The summed E-state index contributed by atoms with van der Waals surface area (Å²) >= 11 is 0. The van der Waals surface area contributed by atoms with Gasteiger partial charge in [0.2, 0.25) is 5.91 Å². The quantitative estimate of drug-likeness (QED) is 0.746. The maximum absolute atomic E-state index is 12.5. The average Bonchev–Trinajstić information content (AvgIpc) is 2.96. The summed E-state index contributed by atoms with van der Waals surface area (Å²) in [5.74, 6) is -1.10. The highest BCUT2D eigenvalue weighted by atomic mass is 19.4. The molecule has 0 aliphatic rings. The first-order valence-corrected chi connectivity index (χ1v) is 7.14. The van der Waals surface area contributed by atoms with Crippen LogP contribution in [-0.2, 0) is 24.1 Å². The molecule has 11 heteroatoms. The molecule has 2 rings (SSSR count). The maximum atomic E-state index is 12.5. The van der Waals surface area contributed by atoms with E-state index in [1.54, 1.807) is 0 Å². The summed E-state index contributed by atoms with van der Waals surface area (Å²) in [5.41, 5.74) is -1.05. The minimum Gasteiger partial charge on any atom is -0.405 e. The van der Waals surface area contributed by atoms with Gasteiger partial charge in [-0.25, -0.2) is 0 Å². The Bertz CT molecular complexity index is 769. The summed E-state index contributed by atoms with van der Waals surface area (Å²) in [6, 6.07) is 5.99. The van der Waals surface area contributed by atoms with Crippen molar-refractivity contribution >= 4 is 5.91 Å². The lowest BCUT2D eigenvalue weighted by molar-refractivity contribution is -0.275. The molecule has 1 aromatic heterocycles. The molecule has 0 radical (unpaired) electrons. The van der Waals surface area contributed by atoms with Crippen LogP contribution in [0.1, 0.15) is 11.3 Å². The number of benzene rings is 1. The Morgan fingerprint density at radius 3 is 2.38 bits per heavy atom. The number of hydrogen-bond acceptors (Lipinski definition) is 3. The van der Waals surface area contributed by atoms with E-state index in [0.717, 1.165) is 27.9 Å². The normalized spacial score (nSPS) is 12.1. The number of nitrogens with zero attached hydrogens (tertiary/aromatic N) is 3. The molecule has 0 bridgehead atoms. The van der Waals surface area contributed by atoms with Gasteiger partial charge in [0, 0.05) is 25.4 Å². The molecule has 0 N–H and O–H groups in total. The summed E-state index contributed by atoms with van der Waals surface area (Å²) in [6.45, 7) is -0.715. The van der Waals surface area contributed by atoms with Crippen LogP contribution in [0.3, 0.4) is 0 Å². The van der Waals surface area contributed by atoms with E-state index in [2.05, 4.69) is 9.84 Å². The van der Waals surface area contributed by atoms with Gasteiger partial charge in [-0.15, -0.1) is 13.2 Å². The molecule has 2 aromatic rings. The van der Waals surface area contributed by atoms with Gasteiger partial charge in [-0.1, -0.05) is 18.2 Å². The van der Waals surface area contributed by atoms with E-state index >= 15 is 0 Å². The topological polar surface area (TPSA) is 47.4 Å². The zero-order chi connectivity index (χ0) is 19.5. The molecule has 1 aromatic carbocycles. The zero-order valence-corrected chi connectivity index (χ0v) is 13.3. The van der Waals surface area contributed by atoms with Gasteiger partial charge in [0.15, 0.2) is 5.69 Å². The minimum absolute atomic E-state index is 0.0946. The van der Waals surface area contributed by atoms with E-state index in [1.807, 2.05) is 0 Å². The Kier molecular flexibility index (Phi) is 5.47. The predicted octanol–water partition coefficient (Wildman–Crippen LogP) is 3.46. The Morgan fingerprint density at radius 1 is 1.15 bits per heavy atom. The number of aromatic nitrogens is 2. The largest absolute Gasteiger partial charge is 0.573 e. The van der Waals surface area contributed by atoms with Crippen molar-refractivity contribution in [3.8, 4) is 5.75 Å². The van der Waals surface area contributed by atoms with Gasteiger partial charge in [-0.2, -0.15) is 18.3 Å². The third-order valence-electron chi connectivity index (χ3n) is 3.26. The van der Waals surface area contributed by atoms with Crippen LogP contribution in [0.15, 0.2) is 36.5 Å². The molecule has 26 heavy (non-hydrogen) atoms. The Morgan fingerprint density at radius 2 is 1.81 bits per heavy atom. The van der Waals surface area contributed by atoms with Crippen molar-refractivity contribution in [2.75, 3.05) is 7.05 Å². The second-order valence-corrected chi connectivity index (χ2v) is 5.30. The fourth-order valence-corrected chi connectivity index (χ4v) is 2.06. The molecular formula is C15H13F6N3O2. The third-order valence-corrected chi connectivity index (χ3v) is 3.26. The van der Waals surface area contributed by atoms with Crippen molar-refractivity contribution in [2.24, 2.45) is 0 Å². The van der Waals surface area contributed by atoms with Crippen LogP contribution in [0, 0.1) is 0 Å². The molecule has 0 saturated heterocycles. The van der Waals surface area contributed by atoms with E-state index in [4.69, 9.17) is 0 Å². The van der Waals surface area contributed by atoms with Crippen molar-refractivity contribution in [3.63, 3.8) is 0 Å². The molecule has 0 saturated carbocycles. The average molecular weight is 381 g/mol. The van der Waals surface area contributed by atoms with Crippen molar-refractivity contribution in [1.29, 1.82) is 0 Å². The van der Waals surface area contributed by atoms with Crippen LogP contribution in [0.4, 0.5) is 26.3 Å². The molecule has 142 valence electrons. The van der Waals surface area contributed by atoms with Crippen molar-refractivity contribution in [1.82, 2.24) is 14.7 Å². The lowest BCUT2D eigenvalue weighted by Gasteiger charge is -2.20. The summed E-state index contributed by atoms with van der Waals surface area (Å²) in [5, 5.41) is 3.25. The Labute approximate surface area is 143 Å². The monoisotopic (exact) mass is 381 g/mol. The second-order valence-electron chi connectivity index (χ2n) is 5.30. The Balaban J connectivity index is 2.05. The van der Waals surface area contributed by atoms with Crippen LogP contribution in [-0.4, -0.2) is 34.0 Å². The lowest BCUT2D eigenvalue weighted by atomic mass is 10.2. The zero-order valence-electron chi connectivity index (χ0n) is 13.3. The number of rotatable bonds is 5. The van der Waals surface area contributed by atoms with Crippen LogP contribution in [0.2, 0.25) is 0 Å². The van der Waals surface area contributed by atoms with Gasteiger partial charge in [0.1, 0.15) is 12.3 Å². The predicted molar refractivity (Wildman–Crippen MR) is 76.8 cm³/mol. The summed E-state index contributed by atoms with van der Waals surface area (Å²) < 4.78 is 79.4. The standard InChI is InChI=1S/C15H13F6N3O2/c1-23(8-10-4-2-3-5-11(10)26-15(19,20)21)13(25)9-24-7-6-12(22-24)14(16,17)18/h2-7H,8-9H2,1H3. The Hall–Kier alpha value is -2.72. The fourth-order valence-electron chi connectivity index (χ4n) is 2.06. The molecule has 1 amide bonds. The summed E-state index contributed by atoms with van der Waals surface area (Å²) in [6.07, 6.45) is -8.52. The SMILES string of the molecule is CN(Cc1ccccc1OC(F)(F)F)C(=O)Cn1ccc(C(F)(F)F)n1. The van der Waals surface area contributed by atoms with Gasteiger partial charge < -0.3 is 9.64 Å². The minimum atomic E-state index is -4.89. The summed E-state index contributed by atoms with van der Waals surface area (Å²) in [7, 11) is 1.31. The number of ether oxygens (including phenoxy) is 1. The summed E-state index contributed by atoms with van der Waals surface area (Å²) in [4.78, 5) is 13.2. The molecule has 5 nitrogen and oxygen atoms in total. The molecule has 1 heterocycles. The van der Waals surface area contributed by atoms with Gasteiger partial charge in [-0.05, 0) is 12.1 Å². The molecule has 0 unspecified atom stereocenters. The van der Waals surface area contributed by atoms with Crippen molar-refractivity contribution < 1.29 is 35.9 Å². The maximum Gasteiger partial charge on any atom is 0.573 e. The molecule has 0 spiro atoms. The lowest BCUT2D eigenvalue weighted by Crippen LogP contribution is -2.30. The van der Waals surface area contributed by atoms with Crippen LogP contribution in [0.5, 0.6) is 5.75 Å². The van der Waals surface area contributed by atoms with E-state index in [0.29, 0.717) is 0 Å². The van der Waals surface area contributed by atoms with Gasteiger partial charge in [-0.3, -0.25) is 9.48 Å². The number of carbonyl (C=O) groups excluding carboxylic acids is 1. The van der Waals surface area contributed by atoms with Gasteiger partial charge in [0.05, 0.1) is 0 Å². The molecule has 0 aliphatic carbocycles. The first kappa shape index (κ1) is 19.6. The molecule has 0 fully saturated rings. The number of para-hydroxylation sites is 1. The van der Waals surface area contributed by atoms with Crippen molar-refractivity contribution in [3.05, 3.63) is 47.8 Å². The first-order valence-electron chi connectivity index (χ1n) is 7.14.